The molecule has 1 aromatic rings. The van der Waals surface area contributed by atoms with Gasteiger partial charge in [0.05, 0.1) is 0 Å². The number of nitrogens with one attached hydrogen (secondary N) is 1. The fourth-order valence-corrected chi connectivity index (χ4v) is 2.62. The molecule has 0 saturated carbocycles. The Kier molecular flexibility index (Phi) is 6.16. The van der Waals surface area contributed by atoms with Gasteiger partial charge in [-0.15, -0.1) is 0 Å². The molecule has 1 aromatic heterocycles. The molecule has 2 aliphatic heterocycles. The second-order valence-corrected chi connectivity index (χ2v) is 6.29. The fourth-order valence-electron chi connectivity index (χ4n) is 2.62. The molecule has 0 atom stereocenters. The molecule has 0 aliphatic carbocycles. The van der Waals surface area contributed by atoms with E-state index in [-0.39, 0.29) is 6.71 Å². The highest BCUT2D eigenvalue weighted by Crippen LogP contribution is 2.21. The van der Waals surface area contributed by atoms with Crippen molar-refractivity contribution < 1.29 is 0 Å². The zero-order valence-electron chi connectivity index (χ0n) is 13.8. The van der Waals surface area contributed by atoms with Gasteiger partial charge < -0.3 is 15.1 Å². The Hall–Kier alpha value is -1.65. The smallest absolute Gasteiger partial charge is 0.272 e. The lowest BCUT2D eigenvalue weighted by Crippen LogP contribution is -2.44. The van der Waals surface area contributed by atoms with E-state index in [1.54, 1.807) is 0 Å². The quantitative estimate of drug-likeness (QED) is 0.750. The van der Waals surface area contributed by atoms with Crippen molar-refractivity contribution in [3.63, 3.8) is 0 Å². The molecule has 0 aromatic carbocycles. The van der Waals surface area contributed by atoms with Gasteiger partial charge in [-0.3, -0.25) is 0 Å². The summed E-state index contributed by atoms with van der Waals surface area (Å²) in [6, 6.07) is 0. The molecule has 1 saturated heterocycles. The van der Waals surface area contributed by atoms with E-state index in [9.17, 15) is 0 Å². The van der Waals surface area contributed by atoms with Crippen molar-refractivity contribution in [1.82, 2.24) is 20.2 Å². The molecule has 118 valence electrons. The summed E-state index contributed by atoms with van der Waals surface area (Å²) in [6.45, 7) is 4.08. The molecule has 22 heavy (non-hydrogen) atoms. The number of piperazine rings is 1. The molecule has 3 rings (SSSR count). The average Bonchev–Trinajstić information content (AvgIpc) is 2.54. The van der Waals surface area contributed by atoms with E-state index >= 15 is 0 Å². The Balaban J connectivity index is 0.000000396. The lowest BCUT2D eigenvalue weighted by atomic mass is 9.43. The minimum absolute atomic E-state index is 0.145. The molecule has 0 spiro atoms. The highest BCUT2D eigenvalue weighted by atomic mass is 15.3. The third-order valence-electron chi connectivity index (χ3n) is 3.72. The van der Waals surface area contributed by atoms with Crippen LogP contribution in [0.2, 0.25) is 6.32 Å². The number of nitrogens with zero attached hydrogens (tertiary/aromatic N) is 5. The van der Waals surface area contributed by atoms with Gasteiger partial charge in [-0.25, -0.2) is 15.2 Å². The van der Waals surface area contributed by atoms with E-state index in [0.29, 0.717) is 0 Å². The Labute approximate surface area is 133 Å². The van der Waals surface area contributed by atoms with Crippen molar-refractivity contribution in [2.75, 3.05) is 52.2 Å². The largest absolute Gasteiger partial charge is 0.338 e. The van der Waals surface area contributed by atoms with Crippen LogP contribution in [0.5, 0.6) is 0 Å². The third-order valence-corrected chi connectivity index (χ3v) is 3.72. The number of rotatable bonds is 1. The number of hydrogen-bond donors (Lipinski definition) is 1. The molecule has 0 radical (unpaired) electrons. The Morgan fingerprint density at radius 3 is 2.64 bits per heavy atom. The van der Waals surface area contributed by atoms with Crippen LogP contribution in [0.15, 0.2) is 6.20 Å². The van der Waals surface area contributed by atoms with Crippen LogP contribution in [0.4, 0.5) is 5.95 Å². The van der Waals surface area contributed by atoms with Gasteiger partial charge in [-0.1, -0.05) is 6.32 Å². The van der Waals surface area contributed by atoms with Crippen molar-refractivity contribution in [1.29, 1.82) is 5.26 Å². The van der Waals surface area contributed by atoms with Crippen LogP contribution < -0.4 is 10.2 Å². The summed E-state index contributed by atoms with van der Waals surface area (Å²) in [7, 11) is 6.00. The number of fused-ring (bicyclic) bond motifs is 1. The first-order valence-corrected chi connectivity index (χ1v) is 7.91. The van der Waals surface area contributed by atoms with E-state index in [4.69, 9.17) is 5.26 Å². The van der Waals surface area contributed by atoms with Gasteiger partial charge in [0.25, 0.3) is 6.71 Å². The van der Waals surface area contributed by atoms with Gasteiger partial charge in [0.1, 0.15) is 0 Å². The monoisotopic (exact) mass is 300 g/mol. The average molecular weight is 300 g/mol. The minimum Gasteiger partial charge on any atom is -0.338 e. The standard InChI is InChI=1S/C12H16BN5.C3H9N/c14-9-13-2-1-11-10(7-13)8-16-12(17-11)18-5-3-15-4-6-18;1-4(2)3/h8,15H,1-7H2;1-3H3. The van der Waals surface area contributed by atoms with E-state index in [0.717, 1.165) is 62.4 Å². The second-order valence-electron chi connectivity index (χ2n) is 6.29. The molecule has 0 amide bonds. The molecule has 0 bridgehead atoms. The number of anilines is 1. The summed E-state index contributed by atoms with van der Waals surface area (Å²) < 4.78 is 0. The molecular weight excluding hydrogens is 275 g/mol. The molecule has 1 fully saturated rings. The summed E-state index contributed by atoms with van der Waals surface area (Å²) >= 11 is 0. The fraction of sp³-hybridized carbons (Fsp3) is 0.667. The van der Waals surface area contributed by atoms with E-state index in [2.05, 4.69) is 26.2 Å². The van der Waals surface area contributed by atoms with E-state index < -0.39 is 0 Å². The predicted molar refractivity (Wildman–Crippen MR) is 90.3 cm³/mol. The number of aromatic nitrogens is 2. The van der Waals surface area contributed by atoms with Crippen LogP contribution in [0, 0.1) is 11.2 Å². The molecule has 7 heteroatoms. The molecule has 0 unspecified atom stereocenters. The molecule has 3 heterocycles. The van der Waals surface area contributed by atoms with Crippen LogP contribution in [-0.4, -0.2) is 68.9 Å². The van der Waals surface area contributed by atoms with Crippen LogP contribution in [0.25, 0.3) is 0 Å². The van der Waals surface area contributed by atoms with Gasteiger partial charge in [-0.2, -0.15) is 0 Å². The van der Waals surface area contributed by atoms with Gasteiger partial charge in [0, 0.05) is 44.0 Å². The van der Waals surface area contributed by atoms with Gasteiger partial charge in [0.2, 0.25) is 5.95 Å². The molecule has 2 aliphatic rings. The first kappa shape index (κ1) is 16.7. The topological polar surface area (TPSA) is 68.1 Å². The van der Waals surface area contributed by atoms with Crippen molar-refractivity contribution in [2.24, 2.45) is 0 Å². The van der Waals surface area contributed by atoms with Crippen molar-refractivity contribution in [3.8, 4) is 5.97 Å². The van der Waals surface area contributed by atoms with Crippen molar-refractivity contribution >= 4 is 12.7 Å². The predicted octanol–water partition coefficient (Wildman–Crippen LogP) is 0.259. The number of hydrogen-bond acceptors (Lipinski definition) is 6. The summed E-state index contributed by atoms with van der Waals surface area (Å²) in [5, 5.41) is 12.3. The highest BCUT2D eigenvalue weighted by Gasteiger charge is 2.24. The van der Waals surface area contributed by atoms with Crippen molar-refractivity contribution in [2.45, 2.75) is 19.1 Å². The second kappa shape index (κ2) is 8.11. The maximum atomic E-state index is 8.97. The van der Waals surface area contributed by atoms with Crippen LogP contribution in [0.1, 0.15) is 11.3 Å². The van der Waals surface area contributed by atoms with Gasteiger partial charge in [-0.05, 0) is 39.4 Å². The SMILES string of the molecule is CN(C)C.N#CB1CCc2nc(N3CCNCC3)ncc2C1. The van der Waals surface area contributed by atoms with Crippen LogP contribution in [0.3, 0.4) is 0 Å². The molecular formula is C15H25BN6. The summed E-state index contributed by atoms with van der Waals surface area (Å²) in [5.74, 6) is 3.20. The highest BCUT2D eigenvalue weighted by molar-refractivity contribution is 6.66. The van der Waals surface area contributed by atoms with E-state index in [1.807, 2.05) is 32.2 Å². The number of aryl methyl sites for hydroxylation is 1. The van der Waals surface area contributed by atoms with Crippen LogP contribution >= 0.6 is 0 Å². The van der Waals surface area contributed by atoms with Gasteiger partial charge in [0.15, 0.2) is 0 Å². The molecule has 1 N–H and O–H groups in total. The maximum absolute atomic E-state index is 8.97. The number of nitriles is 1. The zero-order valence-corrected chi connectivity index (χ0v) is 13.8. The third kappa shape index (κ3) is 4.68. The first-order chi connectivity index (χ1) is 10.6. The zero-order chi connectivity index (χ0) is 15.9. The summed E-state index contributed by atoms with van der Waals surface area (Å²) in [6.07, 6.45) is 4.58. The lowest BCUT2D eigenvalue weighted by Gasteiger charge is -2.28. The Morgan fingerprint density at radius 1 is 1.32 bits per heavy atom. The first-order valence-electron chi connectivity index (χ1n) is 7.91. The normalized spacial score (nSPS) is 17.4. The van der Waals surface area contributed by atoms with Gasteiger partial charge >= 0.3 is 0 Å². The minimum atomic E-state index is 0.145. The van der Waals surface area contributed by atoms with E-state index in [1.165, 1.54) is 0 Å². The Bertz CT molecular complexity index is 518. The Morgan fingerprint density at radius 2 is 2.00 bits per heavy atom. The van der Waals surface area contributed by atoms with Crippen molar-refractivity contribution in [3.05, 3.63) is 17.5 Å². The molecule has 6 nitrogen and oxygen atoms in total. The summed E-state index contributed by atoms with van der Waals surface area (Å²) in [5.41, 5.74) is 2.30. The van der Waals surface area contributed by atoms with Crippen LogP contribution in [-0.2, 0) is 12.7 Å². The lowest BCUT2D eigenvalue weighted by molar-refractivity contribution is 0.505. The summed E-state index contributed by atoms with van der Waals surface area (Å²) in [4.78, 5) is 13.4. The maximum Gasteiger partial charge on any atom is 0.272 e.